The fourth-order valence-corrected chi connectivity index (χ4v) is 0. The van der Waals surface area contributed by atoms with Gasteiger partial charge in [0.05, 0.1) is 0 Å². The van der Waals surface area contributed by atoms with E-state index in [9.17, 15) is 0 Å². The number of hydrogen-bond donors (Lipinski definition) is 0. The van der Waals surface area contributed by atoms with Crippen molar-refractivity contribution in [2.45, 2.75) is 6.92 Å². The quantitative estimate of drug-likeness (QED) is 0.344. The van der Waals surface area contributed by atoms with Crippen LogP contribution in [0.5, 0.6) is 0 Å². The van der Waals surface area contributed by atoms with Crippen molar-refractivity contribution < 1.29 is 0 Å². The van der Waals surface area contributed by atoms with E-state index < -0.39 is 0 Å². The molecule has 5 heavy (non-hydrogen) atoms. The SMILES string of the molecule is [CH2-]C.[Cl][Al+][Cl]. The Morgan fingerprint density at radius 2 is 1.40 bits per heavy atom. The zero-order valence-corrected chi connectivity index (χ0v) is 5.71. The van der Waals surface area contributed by atoms with Crippen LogP contribution in [0.1, 0.15) is 6.92 Å². The molecule has 0 aromatic rings. The predicted octanol–water partition coefficient (Wildman–Crippen LogP) is 1.84. The topological polar surface area (TPSA) is 0 Å². The van der Waals surface area contributed by atoms with E-state index >= 15 is 0 Å². The van der Waals surface area contributed by atoms with E-state index in [4.69, 9.17) is 20.1 Å². The first kappa shape index (κ1) is 9.45. The molecule has 0 radical (unpaired) electrons. The summed E-state index contributed by atoms with van der Waals surface area (Å²) in [5.41, 5.74) is 0. The number of hydrogen-bond acceptors (Lipinski definition) is 0. The van der Waals surface area contributed by atoms with Gasteiger partial charge in [0.1, 0.15) is 0 Å². The van der Waals surface area contributed by atoms with Crippen molar-refractivity contribution in [3.63, 3.8) is 0 Å². The zero-order chi connectivity index (χ0) is 4.71. The van der Waals surface area contributed by atoms with Gasteiger partial charge in [-0.1, -0.05) is 0 Å². The summed E-state index contributed by atoms with van der Waals surface area (Å²) >= 11 is -0.306. The van der Waals surface area contributed by atoms with Gasteiger partial charge in [0.15, 0.2) is 0 Å². The minimum atomic E-state index is -0.306. The van der Waals surface area contributed by atoms with Crippen LogP contribution in [-0.2, 0) is 0 Å². The third kappa shape index (κ3) is 40.0. The van der Waals surface area contributed by atoms with Crippen molar-refractivity contribution in [2.24, 2.45) is 0 Å². The fourth-order valence-electron chi connectivity index (χ4n) is 0. The molecule has 0 aliphatic rings. The molecule has 30 valence electrons. The van der Waals surface area contributed by atoms with Crippen molar-refractivity contribution in [3.8, 4) is 0 Å². The van der Waals surface area contributed by atoms with Gasteiger partial charge in [-0.15, -0.1) is 0 Å². The Morgan fingerprint density at radius 1 is 1.40 bits per heavy atom. The molecule has 0 amide bonds. The van der Waals surface area contributed by atoms with E-state index in [1.165, 1.54) is 0 Å². The zero-order valence-electron chi connectivity index (χ0n) is 3.04. The van der Waals surface area contributed by atoms with Crippen LogP contribution < -0.4 is 0 Å². The van der Waals surface area contributed by atoms with E-state index in [-0.39, 0.29) is 13.4 Å². The van der Waals surface area contributed by atoms with Crippen LogP contribution in [0.2, 0.25) is 0 Å². The van der Waals surface area contributed by atoms with Crippen LogP contribution in [0.15, 0.2) is 0 Å². The predicted molar refractivity (Wildman–Crippen MR) is 28.5 cm³/mol. The summed E-state index contributed by atoms with van der Waals surface area (Å²) in [7, 11) is 9.69. The fraction of sp³-hybridized carbons (Fsp3) is 0.500. The molecule has 0 aromatic carbocycles. The van der Waals surface area contributed by atoms with Gasteiger partial charge in [-0.3, -0.25) is 0 Å². The monoisotopic (exact) mass is 126 g/mol. The van der Waals surface area contributed by atoms with E-state index in [1.54, 1.807) is 6.92 Å². The normalized spacial score (nSPS) is 3.20. The summed E-state index contributed by atoms with van der Waals surface area (Å²) in [5.74, 6) is 0. The molecule has 0 spiro atoms. The molecule has 0 aromatic heterocycles. The summed E-state index contributed by atoms with van der Waals surface area (Å²) in [5, 5.41) is 0. The first-order valence-corrected chi connectivity index (χ1v) is 4.64. The Bertz CT molecular complexity index is 7.61. The van der Waals surface area contributed by atoms with Crippen LogP contribution in [0.4, 0.5) is 0 Å². The van der Waals surface area contributed by atoms with Gasteiger partial charge in [0.25, 0.3) is 0 Å². The van der Waals surface area contributed by atoms with Crippen molar-refractivity contribution in [2.75, 3.05) is 0 Å². The van der Waals surface area contributed by atoms with Gasteiger partial charge in [-0.2, -0.15) is 6.92 Å². The Kier molecular flexibility index (Phi) is 36.6. The summed E-state index contributed by atoms with van der Waals surface area (Å²) in [6.07, 6.45) is 0. The molecule has 0 fully saturated rings. The second-order valence-electron chi connectivity index (χ2n) is 0.0825. The third-order valence-corrected chi connectivity index (χ3v) is 0. The van der Waals surface area contributed by atoms with Crippen molar-refractivity contribution in [3.05, 3.63) is 6.92 Å². The van der Waals surface area contributed by atoms with Gasteiger partial charge in [0.2, 0.25) is 0 Å². The molecule has 3 heteroatoms. The molecule has 0 saturated carbocycles. The average molecular weight is 127 g/mol. The maximum absolute atomic E-state index is 4.85. The minimum absolute atomic E-state index is 0.306. The first-order valence-electron chi connectivity index (χ1n) is 1.14. The van der Waals surface area contributed by atoms with Crippen LogP contribution in [-0.4, -0.2) is 13.4 Å². The first-order chi connectivity index (χ1) is 2.41. The van der Waals surface area contributed by atoms with E-state index in [2.05, 4.69) is 6.92 Å². The summed E-state index contributed by atoms with van der Waals surface area (Å²) in [6.45, 7) is 5.00. The molecule has 0 heterocycles. The van der Waals surface area contributed by atoms with Crippen LogP contribution in [0, 0.1) is 6.92 Å². The van der Waals surface area contributed by atoms with Crippen molar-refractivity contribution in [1.82, 2.24) is 0 Å². The molecule has 0 saturated heterocycles. The van der Waals surface area contributed by atoms with E-state index in [1.807, 2.05) is 0 Å². The van der Waals surface area contributed by atoms with Crippen LogP contribution in [0.25, 0.3) is 0 Å². The second kappa shape index (κ2) is 19.4. The Balaban J connectivity index is 0. The third-order valence-electron chi connectivity index (χ3n) is 0. The molecule has 0 unspecified atom stereocenters. The maximum atomic E-state index is 4.85. The Morgan fingerprint density at radius 3 is 1.40 bits per heavy atom. The van der Waals surface area contributed by atoms with E-state index in [0.717, 1.165) is 0 Å². The van der Waals surface area contributed by atoms with Crippen molar-refractivity contribution in [1.29, 1.82) is 0 Å². The molecule has 0 bridgehead atoms. The van der Waals surface area contributed by atoms with Gasteiger partial charge in [0, 0.05) is 0 Å². The van der Waals surface area contributed by atoms with Gasteiger partial charge < -0.3 is 6.92 Å². The Labute approximate surface area is 47.6 Å². The molecule has 0 N–H and O–H groups in total. The summed E-state index contributed by atoms with van der Waals surface area (Å²) < 4.78 is 0. The van der Waals surface area contributed by atoms with Gasteiger partial charge in [-0.05, 0) is 0 Å². The molecule has 0 atom stereocenters. The molecule has 0 aliphatic heterocycles. The summed E-state index contributed by atoms with van der Waals surface area (Å²) in [6, 6.07) is 0. The standard InChI is InChI=1S/C2H5.Al.2ClH/c1-2;;;/h1H2,2H3;;2*1H/q-1;+3;;/p-2. The summed E-state index contributed by atoms with van der Waals surface area (Å²) in [4.78, 5) is 0. The van der Waals surface area contributed by atoms with Crippen molar-refractivity contribution >= 4 is 33.5 Å². The van der Waals surface area contributed by atoms with Crippen LogP contribution in [0.3, 0.4) is 0 Å². The van der Waals surface area contributed by atoms with Gasteiger partial charge in [-0.25, -0.2) is 0 Å². The van der Waals surface area contributed by atoms with Gasteiger partial charge >= 0.3 is 33.5 Å². The molecular weight excluding hydrogens is 122 g/mol. The second-order valence-corrected chi connectivity index (χ2v) is 2.23. The molecule has 0 rings (SSSR count). The molecular formula is C2H5AlCl2. The Hall–Kier alpha value is 1.11. The molecule has 0 aliphatic carbocycles. The van der Waals surface area contributed by atoms with E-state index in [0.29, 0.717) is 0 Å². The molecule has 0 nitrogen and oxygen atoms in total. The number of halogens is 2. The number of rotatable bonds is 0. The van der Waals surface area contributed by atoms with Crippen LogP contribution >= 0.6 is 20.1 Å². The average Bonchev–Trinajstić information content (AvgIpc) is 1.46.